The number of anilines is 1. The number of carbonyl (C=O) groups is 1. The first-order valence-electron chi connectivity index (χ1n) is 10.1. The molecule has 1 amide bonds. The molecule has 0 aliphatic carbocycles. The van der Waals surface area contributed by atoms with Gasteiger partial charge in [0.1, 0.15) is 0 Å². The number of piperazine rings is 1. The number of nitrogens with zero attached hydrogens (tertiary/aromatic N) is 2. The van der Waals surface area contributed by atoms with Gasteiger partial charge in [0.15, 0.2) is 0 Å². The van der Waals surface area contributed by atoms with E-state index < -0.39 is 0 Å². The number of carbonyl (C=O) groups excluding carboxylic acids is 1. The minimum Gasteiger partial charge on any atom is -0.324 e. The van der Waals surface area contributed by atoms with E-state index in [1.807, 2.05) is 6.07 Å². The van der Waals surface area contributed by atoms with Crippen molar-refractivity contribution in [1.29, 1.82) is 0 Å². The third-order valence-electron chi connectivity index (χ3n) is 5.25. The summed E-state index contributed by atoms with van der Waals surface area (Å²) in [5.41, 5.74) is 5.67. The summed E-state index contributed by atoms with van der Waals surface area (Å²) in [5.74, 6) is 0.0764. The summed E-state index contributed by atoms with van der Waals surface area (Å²) < 4.78 is 0. The number of rotatable bonds is 6. The number of benzene rings is 2. The van der Waals surface area contributed by atoms with Crippen LogP contribution in [0.1, 0.15) is 22.3 Å². The van der Waals surface area contributed by atoms with Gasteiger partial charge in [-0.2, -0.15) is 0 Å². The Balaban J connectivity index is 1.43. The average molecular weight is 378 g/mol. The number of amides is 1. The Morgan fingerprint density at radius 2 is 1.57 bits per heavy atom. The molecule has 1 fully saturated rings. The van der Waals surface area contributed by atoms with Crippen molar-refractivity contribution in [3.05, 3.63) is 70.8 Å². The fourth-order valence-electron chi connectivity index (χ4n) is 3.79. The maximum Gasteiger partial charge on any atom is 0.238 e. The van der Waals surface area contributed by atoms with E-state index in [9.17, 15) is 4.79 Å². The second-order valence-corrected chi connectivity index (χ2v) is 7.71. The molecule has 1 saturated heterocycles. The maximum atomic E-state index is 12.5. The lowest BCUT2D eigenvalue weighted by atomic mass is 10.1. The summed E-state index contributed by atoms with van der Waals surface area (Å²) >= 11 is 0. The lowest BCUT2D eigenvalue weighted by Crippen LogP contribution is -2.48. The van der Waals surface area contributed by atoms with Gasteiger partial charge in [0.05, 0.1) is 6.54 Å². The van der Waals surface area contributed by atoms with E-state index in [0.717, 1.165) is 49.5 Å². The van der Waals surface area contributed by atoms with E-state index in [1.54, 1.807) is 0 Å². The summed E-state index contributed by atoms with van der Waals surface area (Å²) in [6.07, 6.45) is 4.40. The summed E-state index contributed by atoms with van der Waals surface area (Å²) in [6, 6.07) is 14.6. The standard InChI is InChI=1S/C24H31N3O/c1-19-16-20(2)24(21(3)17-19)25-23(28)18-27-14-12-26(13-15-27)11-7-10-22-8-5-4-6-9-22/h4-10,16-17H,11-15,18H2,1-3H3,(H,25,28)/b10-7+. The van der Waals surface area contributed by atoms with Crippen LogP contribution in [0.25, 0.3) is 6.08 Å². The van der Waals surface area contributed by atoms with Gasteiger partial charge in [0.25, 0.3) is 0 Å². The molecule has 28 heavy (non-hydrogen) atoms. The van der Waals surface area contributed by atoms with Crippen molar-refractivity contribution in [3.8, 4) is 0 Å². The van der Waals surface area contributed by atoms with Gasteiger partial charge in [-0.3, -0.25) is 14.6 Å². The number of nitrogens with one attached hydrogen (secondary N) is 1. The van der Waals surface area contributed by atoms with Crippen molar-refractivity contribution in [1.82, 2.24) is 9.80 Å². The molecule has 2 aromatic rings. The average Bonchev–Trinajstić information content (AvgIpc) is 2.67. The molecule has 0 unspecified atom stereocenters. The highest BCUT2D eigenvalue weighted by molar-refractivity contribution is 5.93. The molecule has 2 aromatic carbocycles. The lowest BCUT2D eigenvalue weighted by Gasteiger charge is -2.33. The zero-order valence-corrected chi connectivity index (χ0v) is 17.2. The van der Waals surface area contributed by atoms with Crippen molar-refractivity contribution in [2.75, 3.05) is 44.6 Å². The van der Waals surface area contributed by atoms with Crippen LogP contribution in [-0.4, -0.2) is 55.0 Å². The quantitative estimate of drug-likeness (QED) is 0.830. The van der Waals surface area contributed by atoms with E-state index in [0.29, 0.717) is 6.54 Å². The minimum absolute atomic E-state index is 0.0764. The van der Waals surface area contributed by atoms with E-state index in [-0.39, 0.29) is 5.91 Å². The Morgan fingerprint density at radius 3 is 2.21 bits per heavy atom. The van der Waals surface area contributed by atoms with Crippen LogP contribution in [0.3, 0.4) is 0 Å². The summed E-state index contributed by atoms with van der Waals surface area (Å²) in [5, 5.41) is 3.11. The normalized spacial score (nSPS) is 15.8. The van der Waals surface area contributed by atoms with E-state index in [4.69, 9.17) is 0 Å². The maximum absolute atomic E-state index is 12.5. The van der Waals surface area contributed by atoms with Crippen molar-refractivity contribution in [2.45, 2.75) is 20.8 Å². The van der Waals surface area contributed by atoms with Gasteiger partial charge in [-0.15, -0.1) is 0 Å². The van der Waals surface area contributed by atoms with Crippen LogP contribution >= 0.6 is 0 Å². The Kier molecular flexibility index (Phi) is 7.01. The van der Waals surface area contributed by atoms with Crippen LogP contribution in [0.15, 0.2) is 48.5 Å². The molecule has 0 spiro atoms. The van der Waals surface area contributed by atoms with Gasteiger partial charge in [0.2, 0.25) is 5.91 Å². The Labute approximate surface area is 168 Å². The van der Waals surface area contributed by atoms with E-state index in [1.165, 1.54) is 11.1 Å². The van der Waals surface area contributed by atoms with Gasteiger partial charge < -0.3 is 5.32 Å². The molecular weight excluding hydrogens is 346 g/mol. The molecule has 148 valence electrons. The molecule has 0 aromatic heterocycles. The van der Waals surface area contributed by atoms with Crippen molar-refractivity contribution in [3.63, 3.8) is 0 Å². The third kappa shape index (κ3) is 5.78. The van der Waals surface area contributed by atoms with Gasteiger partial charge >= 0.3 is 0 Å². The SMILES string of the molecule is Cc1cc(C)c(NC(=O)CN2CCN(C/C=C/c3ccccc3)CC2)c(C)c1. The Bertz CT molecular complexity index is 798. The first-order valence-corrected chi connectivity index (χ1v) is 10.1. The molecule has 0 atom stereocenters. The van der Waals surface area contributed by atoms with Gasteiger partial charge in [-0.25, -0.2) is 0 Å². The monoisotopic (exact) mass is 377 g/mol. The molecule has 1 N–H and O–H groups in total. The van der Waals surface area contributed by atoms with Crippen LogP contribution in [0.4, 0.5) is 5.69 Å². The van der Waals surface area contributed by atoms with Crippen LogP contribution in [0, 0.1) is 20.8 Å². The molecule has 3 rings (SSSR count). The first-order chi connectivity index (χ1) is 13.5. The van der Waals surface area contributed by atoms with E-state index >= 15 is 0 Å². The molecule has 0 radical (unpaired) electrons. The molecular formula is C24H31N3O. The van der Waals surface area contributed by atoms with Gasteiger partial charge in [-0.1, -0.05) is 60.2 Å². The highest BCUT2D eigenvalue weighted by Crippen LogP contribution is 2.21. The number of hydrogen-bond acceptors (Lipinski definition) is 3. The largest absolute Gasteiger partial charge is 0.324 e. The second-order valence-electron chi connectivity index (χ2n) is 7.71. The predicted octanol–water partition coefficient (Wildman–Crippen LogP) is 3.88. The van der Waals surface area contributed by atoms with Crippen LogP contribution in [0.5, 0.6) is 0 Å². The van der Waals surface area contributed by atoms with Gasteiger partial charge in [-0.05, 0) is 37.5 Å². The minimum atomic E-state index is 0.0764. The van der Waals surface area contributed by atoms with Crippen LogP contribution < -0.4 is 5.32 Å². The lowest BCUT2D eigenvalue weighted by molar-refractivity contribution is -0.117. The zero-order valence-electron chi connectivity index (χ0n) is 17.2. The predicted molar refractivity (Wildman–Crippen MR) is 118 cm³/mol. The molecule has 1 aliphatic rings. The van der Waals surface area contributed by atoms with Crippen LogP contribution in [0.2, 0.25) is 0 Å². The van der Waals surface area contributed by atoms with Crippen LogP contribution in [-0.2, 0) is 4.79 Å². The number of hydrogen-bond donors (Lipinski definition) is 1. The fourth-order valence-corrected chi connectivity index (χ4v) is 3.79. The van der Waals surface area contributed by atoms with Gasteiger partial charge in [0, 0.05) is 38.4 Å². The van der Waals surface area contributed by atoms with Crippen molar-refractivity contribution >= 4 is 17.7 Å². The van der Waals surface area contributed by atoms with E-state index in [2.05, 4.69) is 84.4 Å². The fraction of sp³-hybridized carbons (Fsp3) is 0.375. The summed E-state index contributed by atoms with van der Waals surface area (Å²) in [4.78, 5) is 17.2. The number of aryl methyl sites for hydroxylation is 3. The van der Waals surface area contributed by atoms with Crippen molar-refractivity contribution in [2.24, 2.45) is 0 Å². The molecule has 0 bridgehead atoms. The highest BCUT2D eigenvalue weighted by atomic mass is 16.2. The Hall–Kier alpha value is -2.43. The third-order valence-corrected chi connectivity index (χ3v) is 5.25. The smallest absolute Gasteiger partial charge is 0.238 e. The first kappa shape index (κ1) is 20.3. The second kappa shape index (κ2) is 9.67. The molecule has 1 heterocycles. The summed E-state index contributed by atoms with van der Waals surface area (Å²) in [7, 11) is 0. The topological polar surface area (TPSA) is 35.6 Å². The zero-order chi connectivity index (χ0) is 19.9. The summed E-state index contributed by atoms with van der Waals surface area (Å²) in [6.45, 7) is 11.5. The Morgan fingerprint density at radius 1 is 0.964 bits per heavy atom. The molecule has 4 nitrogen and oxygen atoms in total. The molecule has 4 heteroatoms. The van der Waals surface area contributed by atoms with Crippen molar-refractivity contribution < 1.29 is 4.79 Å². The highest BCUT2D eigenvalue weighted by Gasteiger charge is 2.18. The molecule has 0 saturated carbocycles. The molecule has 1 aliphatic heterocycles.